The third kappa shape index (κ3) is 5.65. The second kappa shape index (κ2) is 11.3. The molecule has 5 N–H and O–H groups in total. The van der Waals surface area contributed by atoms with Crippen LogP contribution in [0.15, 0.2) is 72.8 Å². The summed E-state index contributed by atoms with van der Waals surface area (Å²) in [5, 5.41) is 14.4. The quantitative estimate of drug-likeness (QED) is 0.205. The number of fused-ring (bicyclic) bond motifs is 1. The van der Waals surface area contributed by atoms with Crippen LogP contribution in [0.5, 0.6) is 0 Å². The molecular weight excluding hydrogens is 508 g/mol. The average molecular weight is 539 g/mol. The second-order valence-corrected chi connectivity index (χ2v) is 9.64. The Bertz CT molecular complexity index is 1590. The van der Waals surface area contributed by atoms with E-state index in [1.807, 2.05) is 28.8 Å². The van der Waals surface area contributed by atoms with E-state index in [1.54, 1.807) is 48.5 Å². The van der Waals surface area contributed by atoms with Gasteiger partial charge in [-0.1, -0.05) is 24.3 Å². The van der Waals surface area contributed by atoms with Gasteiger partial charge in [0, 0.05) is 53.0 Å². The molecule has 1 aliphatic rings. The van der Waals surface area contributed by atoms with Gasteiger partial charge in [-0.05, 0) is 66.9 Å². The molecule has 0 atom stereocenters. The molecule has 3 amide bonds. The summed E-state index contributed by atoms with van der Waals surface area (Å²) >= 11 is 0. The molecular formula is C30H30N6O4. The molecule has 1 aliphatic heterocycles. The molecule has 0 unspecified atom stereocenters. The van der Waals surface area contributed by atoms with Gasteiger partial charge in [-0.25, -0.2) is 4.79 Å². The van der Waals surface area contributed by atoms with Crippen LogP contribution < -0.4 is 21.3 Å². The normalized spacial score (nSPS) is 12.8. The molecule has 10 nitrogen and oxygen atoms in total. The fraction of sp³-hybridized carbons (Fsp3) is 0.200. The van der Waals surface area contributed by atoms with Gasteiger partial charge in [0.15, 0.2) is 0 Å². The Morgan fingerprint density at radius 3 is 2.25 bits per heavy atom. The zero-order valence-electron chi connectivity index (χ0n) is 22.1. The Labute approximate surface area is 231 Å². The number of alkyl carbamates (subject to hydrolysis) is 1. The van der Waals surface area contributed by atoms with E-state index >= 15 is 0 Å². The summed E-state index contributed by atoms with van der Waals surface area (Å²) in [4.78, 5) is 39.0. The van der Waals surface area contributed by atoms with Gasteiger partial charge in [-0.2, -0.15) is 0 Å². The first kappa shape index (κ1) is 26.5. The van der Waals surface area contributed by atoms with Gasteiger partial charge in [0.25, 0.3) is 5.91 Å². The lowest BCUT2D eigenvalue weighted by Gasteiger charge is -2.18. The van der Waals surface area contributed by atoms with Crippen LogP contribution in [0, 0.1) is 5.41 Å². The number of ether oxygens (including phenoxy) is 1. The van der Waals surface area contributed by atoms with Crippen LogP contribution in [-0.2, 0) is 11.3 Å². The van der Waals surface area contributed by atoms with Gasteiger partial charge in [0.2, 0.25) is 5.91 Å². The number of carbonyl (C=O) groups is 3. The number of rotatable bonds is 7. The highest BCUT2D eigenvalue weighted by atomic mass is 16.5. The highest BCUT2D eigenvalue weighted by Crippen LogP contribution is 2.26. The minimum atomic E-state index is -0.745. The molecule has 4 aromatic rings. The van der Waals surface area contributed by atoms with Crippen molar-refractivity contribution in [2.24, 2.45) is 5.73 Å². The molecule has 1 aromatic heterocycles. The van der Waals surface area contributed by atoms with Gasteiger partial charge >= 0.3 is 6.09 Å². The molecule has 204 valence electrons. The first-order chi connectivity index (χ1) is 19.3. The summed E-state index contributed by atoms with van der Waals surface area (Å²) in [5.74, 6) is -0.936. The summed E-state index contributed by atoms with van der Waals surface area (Å²) in [6.45, 7) is 2.40. The lowest BCUT2D eigenvalue weighted by atomic mass is 10.1. The van der Waals surface area contributed by atoms with E-state index in [0.717, 1.165) is 29.7 Å². The molecule has 0 saturated carbocycles. The minimum absolute atomic E-state index is 0.128. The van der Waals surface area contributed by atoms with E-state index in [2.05, 4.69) is 20.3 Å². The van der Waals surface area contributed by atoms with Crippen molar-refractivity contribution in [3.8, 4) is 0 Å². The fourth-order valence-electron chi connectivity index (χ4n) is 4.88. The lowest BCUT2D eigenvalue weighted by molar-refractivity contribution is 0.0996. The van der Waals surface area contributed by atoms with Crippen molar-refractivity contribution >= 4 is 46.0 Å². The Hall–Kier alpha value is -5.12. The Morgan fingerprint density at radius 2 is 1.60 bits per heavy atom. The van der Waals surface area contributed by atoms with Crippen LogP contribution >= 0.6 is 0 Å². The van der Waals surface area contributed by atoms with E-state index in [9.17, 15) is 14.4 Å². The molecule has 1 saturated heterocycles. The Morgan fingerprint density at radius 1 is 0.925 bits per heavy atom. The minimum Gasteiger partial charge on any atom is -0.453 e. The summed E-state index contributed by atoms with van der Waals surface area (Å²) in [5.41, 5.74) is 10.0. The van der Waals surface area contributed by atoms with Crippen molar-refractivity contribution in [3.63, 3.8) is 0 Å². The van der Waals surface area contributed by atoms with Crippen molar-refractivity contribution in [1.29, 1.82) is 5.41 Å². The Balaban J connectivity index is 1.47. The number of methoxy groups -OCH3 is 1. The number of nitrogens with zero attached hydrogens (tertiary/aromatic N) is 2. The van der Waals surface area contributed by atoms with Gasteiger partial charge in [0.1, 0.15) is 11.5 Å². The van der Waals surface area contributed by atoms with Crippen molar-refractivity contribution in [2.75, 3.05) is 30.4 Å². The molecule has 0 aliphatic carbocycles. The van der Waals surface area contributed by atoms with Crippen molar-refractivity contribution in [2.45, 2.75) is 19.4 Å². The summed E-state index contributed by atoms with van der Waals surface area (Å²) in [6.07, 6.45) is 1.63. The predicted octanol–water partition coefficient (Wildman–Crippen LogP) is 4.32. The van der Waals surface area contributed by atoms with Crippen LogP contribution in [0.3, 0.4) is 0 Å². The van der Waals surface area contributed by atoms with Crippen LogP contribution in [0.4, 0.5) is 16.2 Å². The van der Waals surface area contributed by atoms with E-state index in [-0.39, 0.29) is 11.7 Å². The monoisotopic (exact) mass is 538 g/mol. The van der Waals surface area contributed by atoms with Crippen molar-refractivity contribution in [3.05, 3.63) is 95.2 Å². The molecule has 40 heavy (non-hydrogen) atoms. The van der Waals surface area contributed by atoms with Gasteiger partial charge in [0.05, 0.1) is 7.11 Å². The predicted molar refractivity (Wildman–Crippen MR) is 154 cm³/mol. The molecule has 1 fully saturated rings. The molecule has 0 bridgehead atoms. The van der Waals surface area contributed by atoms with Crippen molar-refractivity contribution in [1.82, 2.24) is 9.88 Å². The summed E-state index contributed by atoms with van der Waals surface area (Å²) < 4.78 is 6.45. The second-order valence-electron chi connectivity index (χ2n) is 9.64. The highest BCUT2D eigenvalue weighted by Gasteiger charge is 2.19. The van der Waals surface area contributed by atoms with Crippen LogP contribution in [0.1, 0.15) is 44.8 Å². The number of primary amides is 1. The summed E-state index contributed by atoms with van der Waals surface area (Å²) in [6, 6.07) is 21.7. The number of aromatic nitrogens is 1. The number of anilines is 2. The van der Waals surface area contributed by atoms with E-state index < -0.39 is 12.0 Å². The first-order valence-electron chi connectivity index (χ1n) is 12.9. The third-order valence-corrected chi connectivity index (χ3v) is 7.01. The first-order valence-corrected chi connectivity index (χ1v) is 12.9. The molecule has 0 spiro atoms. The number of hydrogen-bond acceptors (Lipinski definition) is 6. The topological polar surface area (TPSA) is 143 Å². The zero-order valence-corrected chi connectivity index (χ0v) is 22.1. The fourth-order valence-corrected chi connectivity index (χ4v) is 4.88. The maximum absolute atomic E-state index is 13.6. The SMILES string of the molecule is COC(=O)NC(=N)c1ccc2cc(C(=O)Nc3ccc(N4CCCC4)cc3)n(Cc3ccc(C(N)=O)cc3)c2c1. The Kier molecular flexibility index (Phi) is 7.50. The standard InChI is InChI=1S/C30H30N6O4/c1-40-30(39)34-27(31)22-9-8-21-16-26(29(38)33-23-10-12-24(13-11-23)35-14-2-3-15-35)36(25(21)17-22)18-19-4-6-20(7-5-19)28(32)37/h4-13,16-17H,2-3,14-15,18H2,1H3,(H2,32,37)(H,33,38)(H2,31,34,39). The maximum Gasteiger partial charge on any atom is 0.412 e. The number of carbonyl (C=O) groups excluding carboxylic acids is 3. The molecule has 5 rings (SSSR count). The number of nitrogens with one attached hydrogen (secondary N) is 3. The summed E-state index contributed by atoms with van der Waals surface area (Å²) in [7, 11) is 1.23. The van der Waals surface area contributed by atoms with E-state index in [0.29, 0.717) is 34.6 Å². The number of amides is 3. The molecule has 3 aromatic carbocycles. The zero-order chi connectivity index (χ0) is 28.2. The molecule has 0 radical (unpaired) electrons. The van der Waals surface area contributed by atoms with Crippen LogP contribution in [-0.4, -0.2) is 48.5 Å². The molecule has 10 heteroatoms. The highest BCUT2D eigenvalue weighted by molar-refractivity contribution is 6.09. The molecule has 2 heterocycles. The maximum atomic E-state index is 13.6. The number of nitrogens with two attached hydrogens (primary N) is 1. The number of amidine groups is 1. The van der Waals surface area contributed by atoms with Crippen LogP contribution in [0.2, 0.25) is 0 Å². The van der Waals surface area contributed by atoms with Gasteiger partial charge < -0.3 is 25.3 Å². The van der Waals surface area contributed by atoms with E-state index in [1.165, 1.54) is 20.0 Å². The smallest absolute Gasteiger partial charge is 0.412 e. The number of benzene rings is 3. The number of hydrogen-bond donors (Lipinski definition) is 4. The van der Waals surface area contributed by atoms with E-state index in [4.69, 9.17) is 11.1 Å². The average Bonchev–Trinajstić information content (AvgIpc) is 3.62. The third-order valence-electron chi connectivity index (χ3n) is 7.01. The van der Waals surface area contributed by atoms with Gasteiger partial charge in [-0.3, -0.25) is 20.3 Å². The largest absolute Gasteiger partial charge is 0.453 e. The van der Waals surface area contributed by atoms with Crippen LogP contribution in [0.25, 0.3) is 10.9 Å². The van der Waals surface area contributed by atoms with Gasteiger partial charge in [-0.15, -0.1) is 0 Å². The lowest BCUT2D eigenvalue weighted by Crippen LogP contribution is -2.30. The van der Waals surface area contributed by atoms with Crippen molar-refractivity contribution < 1.29 is 19.1 Å².